The Morgan fingerprint density at radius 2 is 2.12 bits per heavy atom. The van der Waals surface area contributed by atoms with Crippen molar-refractivity contribution in [1.29, 1.82) is 0 Å². The minimum atomic E-state index is 0.399. The van der Waals surface area contributed by atoms with Crippen LogP contribution in [0.25, 0.3) is 0 Å². The van der Waals surface area contributed by atoms with Crippen molar-refractivity contribution in [2.45, 2.75) is 19.4 Å². The standard InChI is InChI=1S/C13H21NO2/c1-11(10-15-2)14-8-7-12-5-4-6-13(9-12)16-3/h4-6,9,11,14H,7-8,10H2,1-3H3. The maximum absolute atomic E-state index is 5.18. The summed E-state index contributed by atoms with van der Waals surface area (Å²) in [5.41, 5.74) is 1.29. The average Bonchev–Trinajstić information content (AvgIpc) is 2.30. The van der Waals surface area contributed by atoms with Crippen LogP contribution in [0.15, 0.2) is 24.3 Å². The van der Waals surface area contributed by atoms with Gasteiger partial charge in [-0.25, -0.2) is 0 Å². The van der Waals surface area contributed by atoms with Gasteiger partial charge in [0, 0.05) is 13.2 Å². The molecular formula is C13H21NO2. The van der Waals surface area contributed by atoms with E-state index in [0.29, 0.717) is 6.04 Å². The van der Waals surface area contributed by atoms with Crippen LogP contribution in [0.4, 0.5) is 0 Å². The molecule has 1 N–H and O–H groups in total. The Morgan fingerprint density at radius 1 is 1.31 bits per heavy atom. The normalized spacial score (nSPS) is 12.4. The molecule has 0 aliphatic carbocycles. The fraction of sp³-hybridized carbons (Fsp3) is 0.538. The number of hydrogen-bond donors (Lipinski definition) is 1. The maximum Gasteiger partial charge on any atom is 0.119 e. The Labute approximate surface area is 97.8 Å². The van der Waals surface area contributed by atoms with Gasteiger partial charge in [-0.05, 0) is 37.6 Å². The average molecular weight is 223 g/mol. The number of benzene rings is 1. The van der Waals surface area contributed by atoms with Gasteiger partial charge in [0.1, 0.15) is 5.75 Å². The molecule has 0 amide bonds. The van der Waals surface area contributed by atoms with Gasteiger partial charge in [0.05, 0.1) is 13.7 Å². The van der Waals surface area contributed by atoms with Crippen molar-refractivity contribution in [1.82, 2.24) is 5.32 Å². The number of hydrogen-bond acceptors (Lipinski definition) is 3. The second kappa shape index (κ2) is 7.25. The van der Waals surface area contributed by atoms with Gasteiger partial charge >= 0.3 is 0 Å². The van der Waals surface area contributed by atoms with E-state index in [1.807, 2.05) is 12.1 Å². The van der Waals surface area contributed by atoms with E-state index < -0.39 is 0 Å². The molecule has 1 aromatic carbocycles. The summed E-state index contributed by atoms with van der Waals surface area (Å²) in [7, 11) is 3.41. The summed E-state index contributed by atoms with van der Waals surface area (Å²) in [5, 5.41) is 3.40. The zero-order valence-corrected chi connectivity index (χ0v) is 10.3. The largest absolute Gasteiger partial charge is 0.497 e. The van der Waals surface area contributed by atoms with Crippen LogP contribution in [0.2, 0.25) is 0 Å². The number of rotatable bonds is 7. The highest BCUT2D eigenvalue weighted by molar-refractivity contribution is 5.28. The smallest absolute Gasteiger partial charge is 0.119 e. The lowest BCUT2D eigenvalue weighted by Gasteiger charge is -2.12. The molecular weight excluding hydrogens is 202 g/mol. The van der Waals surface area contributed by atoms with Crippen LogP contribution >= 0.6 is 0 Å². The van der Waals surface area contributed by atoms with E-state index in [1.165, 1.54) is 5.56 Å². The fourth-order valence-corrected chi connectivity index (χ4v) is 1.60. The highest BCUT2D eigenvalue weighted by Gasteiger charge is 2.00. The summed E-state index contributed by atoms with van der Waals surface area (Å²) < 4.78 is 10.2. The van der Waals surface area contributed by atoms with Crippen molar-refractivity contribution >= 4 is 0 Å². The third-order valence-electron chi connectivity index (χ3n) is 2.46. The Hall–Kier alpha value is -1.06. The molecule has 0 aliphatic rings. The van der Waals surface area contributed by atoms with E-state index in [-0.39, 0.29) is 0 Å². The van der Waals surface area contributed by atoms with E-state index in [0.717, 1.165) is 25.3 Å². The highest BCUT2D eigenvalue weighted by Crippen LogP contribution is 2.12. The fourth-order valence-electron chi connectivity index (χ4n) is 1.60. The molecule has 90 valence electrons. The van der Waals surface area contributed by atoms with Gasteiger partial charge in [-0.1, -0.05) is 12.1 Å². The first-order valence-corrected chi connectivity index (χ1v) is 5.61. The molecule has 0 spiro atoms. The molecule has 1 unspecified atom stereocenters. The Kier molecular flexibility index (Phi) is 5.90. The molecule has 0 fully saturated rings. The molecule has 1 rings (SSSR count). The molecule has 0 saturated heterocycles. The molecule has 0 radical (unpaired) electrons. The van der Waals surface area contributed by atoms with Crippen LogP contribution in [0, 0.1) is 0 Å². The predicted octanol–water partition coefficient (Wildman–Crippen LogP) is 1.86. The van der Waals surface area contributed by atoms with Gasteiger partial charge in [0.15, 0.2) is 0 Å². The zero-order chi connectivity index (χ0) is 11.8. The quantitative estimate of drug-likeness (QED) is 0.765. The van der Waals surface area contributed by atoms with Gasteiger partial charge in [-0.2, -0.15) is 0 Å². The van der Waals surface area contributed by atoms with Gasteiger partial charge < -0.3 is 14.8 Å². The second-order valence-corrected chi connectivity index (χ2v) is 3.91. The summed E-state index contributed by atoms with van der Waals surface area (Å²) in [4.78, 5) is 0. The van der Waals surface area contributed by atoms with E-state index in [2.05, 4.69) is 24.4 Å². The van der Waals surface area contributed by atoms with Crippen LogP contribution in [0.3, 0.4) is 0 Å². The second-order valence-electron chi connectivity index (χ2n) is 3.91. The van der Waals surface area contributed by atoms with E-state index in [1.54, 1.807) is 14.2 Å². The molecule has 0 bridgehead atoms. The molecule has 0 aliphatic heterocycles. The Balaban J connectivity index is 2.31. The van der Waals surface area contributed by atoms with Crippen molar-refractivity contribution in [3.05, 3.63) is 29.8 Å². The third kappa shape index (κ3) is 4.64. The lowest BCUT2D eigenvalue weighted by molar-refractivity contribution is 0.172. The van der Waals surface area contributed by atoms with Gasteiger partial charge in [0.2, 0.25) is 0 Å². The third-order valence-corrected chi connectivity index (χ3v) is 2.46. The van der Waals surface area contributed by atoms with Crippen LogP contribution < -0.4 is 10.1 Å². The van der Waals surface area contributed by atoms with Crippen LogP contribution in [0.5, 0.6) is 5.75 Å². The molecule has 3 heteroatoms. The molecule has 3 nitrogen and oxygen atoms in total. The Morgan fingerprint density at radius 3 is 2.81 bits per heavy atom. The van der Waals surface area contributed by atoms with E-state index in [4.69, 9.17) is 9.47 Å². The lowest BCUT2D eigenvalue weighted by atomic mass is 10.1. The Bertz CT molecular complexity index is 302. The first kappa shape index (κ1) is 13.0. The van der Waals surface area contributed by atoms with Crippen LogP contribution in [0.1, 0.15) is 12.5 Å². The van der Waals surface area contributed by atoms with Crippen molar-refractivity contribution in [3.63, 3.8) is 0 Å². The number of methoxy groups -OCH3 is 2. The first-order valence-electron chi connectivity index (χ1n) is 5.61. The molecule has 16 heavy (non-hydrogen) atoms. The topological polar surface area (TPSA) is 30.5 Å². The SMILES string of the molecule is COCC(C)NCCc1cccc(OC)c1. The van der Waals surface area contributed by atoms with Crippen LogP contribution in [-0.2, 0) is 11.2 Å². The minimum Gasteiger partial charge on any atom is -0.497 e. The molecule has 0 saturated carbocycles. The highest BCUT2D eigenvalue weighted by atomic mass is 16.5. The summed E-state index contributed by atoms with van der Waals surface area (Å²) in [6.07, 6.45) is 1.01. The van der Waals surface area contributed by atoms with Gasteiger partial charge in [0.25, 0.3) is 0 Å². The molecule has 0 aromatic heterocycles. The lowest BCUT2D eigenvalue weighted by Crippen LogP contribution is -2.31. The summed E-state index contributed by atoms with van der Waals surface area (Å²) in [6.45, 7) is 3.82. The monoisotopic (exact) mass is 223 g/mol. The number of ether oxygens (including phenoxy) is 2. The van der Waals surface area contributed by atoms with Crippen molar-refractivity contribution in [3.8, 4) is 5.75 Å². The first-order chi connectivity index (χ1) is 7.76. The van der Waals surface area contributed by atoms with Gasteiger partial charge in [-0.3, -0.25) is 0 Å². The van der Waals surface area contributed by atoms with Gasteiger partial charge in [-0.15, -0.1) is 0 Å². The van der Waals surface area contributed by atoms with E-state index >= 15 is 0 Å². The minimum absolute atomic E-state index is 0.399. The zero-order valence-electron chi connectivity index (χ0n) is 10.3. The number of nitrogens with one attached hydrogen (secondary N) is 1. The molecule has 0 heterocycles. The van der Waals surface area contributed by atoms with Crippen molar-refractivity contribution < 1.29 is 9.47 Å². The predicted molar refractivity (Wildman–Crippen MR) is 66.0 cm³/mol. The molecule has 1 atom stereocenters. The molecule has 1 aromatic rings. The van der Waals surface area contributed by atoms with Crippen molar-refractivity contribution in [2.75, 3.05) is 27.4 Å². The van der Waals surface area contributed by atoms with Crippen molar-refractivity contribution in [2.24, 2.45) is 0 Å². The summed E-state index contributed by atoms with van der Waals surface area (Å²) in [5.74, 6) is 0.919. The van der Waals surface area contributed by atoms with E-state index in [9.17, 15) is 0 Å². The maximum atomic E-state index is 5.18. The van der Waals surface area contributed by atoms with Crippen LogP contribution in [-0.4, -0.2) is 33.4 Å². The summed E-state index contributed by atoms with van der Waals surface area (Å²) >= 11 is 0. The summed E-state index contributed by atoms with van der Waals surface area (Å²) in [6, 6.07) is 8.57.